The number of rotatable bonds is 8. The molecule has 0 unspecified atom stereocenters. The molecule has 1 atom stereocenters. The van der Waals surface area contributed by atoms with Gasteiger partial charge in [-0.05, 0) is 13.3 Å². The van der Waals surface area contributed by atoms with Gasteiger partial charge in [-0.2, -0.15) is 0 Å². The Morgan fingerprint density at radius 1 is 1.47 bits per heavy atom. The van der Waals surface area contributed by atoms with Gasteiger partial charge in [0, 0.05) is 19.6 Å². The van der Waals surface area contributed by atoms with E-state index < -0.39 is 24.5 Å². The van der Waals surface area contributed by atoms with Gasteiger partial charge in [0.05, 0.1) is 6.61 Å². The van der Waals surface area contributed by atoms with E-state index in [2.05, 4.69) is 5.32 Å². The maximum absolute atomic E-state index is 11.1. The molecule has 0 aliphatic carbocycles. The van der Waals surface area contributed by atoms with Crippen LogP contribution in [0.3, 0.4) is 0 Å². The number of aliphatic hydroxyl groups excluding tert-OH is 1. The molecule has 6 nitrogen and oxygen atoms in total. The van der Waals surface area contributed by atoms with Gasteiger partial charge in [-0.3, -0.25) is 4.79 Å². The smallest absolute Gasteiger partial charge is 0.328 e. The van der Waals surface area contributed by atoms with E-state index in [1.165, 1.54) is 0 Å². The average Bonchev–Trinajstić information content (AvgIpc) is 2.20. The highest BCUT2D eigenvalue weighted by atomic mass is 16.5. The molecule has 0 aliphatic rings. The van der Waals surface area contributed by atoms with Crippen molar-refractivity contribution in [2.45, 2.75) is 25.8 Å². The lowest BCUT2D eigenvalue weighted by atomic mass is 10.2. The van der Waals surface area contributed by atoms with Crippen LogP contribution in [0.4, 0.5) is 0 Å². The van der Waals surface area contributed by atoms with E-state index in [9.17, 15) is 9.59 Å². The first-order valence-corrected chi connectivity index (χ1v) is 4.82. The van der Waals surface area contributed by atoms with Gasteiger partial charge < -0.3 is 20.3 Å². The molecule has 0 aromatic rings. The van der Waals surface area contributed by atoms with Crippen molar-refractivity contribution < 1.29 is 24.5 Å². The molecule has 0 fully saturated rings. The Morgan fingerprint density at radius 2 is 2.13 bits per heavy atom. The molecule has 88 valence electrons. The van der Waals surface area contributed by atoms with Crippen LogP contribution in [0.5, 0.6) is 0 Å². The number of aliphatic carboxylic acids is 1. The second kappa shape index (κ2) is 8.19. The van der Waals surface area contributed by atoms with Crippen molar-refractivity contribution in [2.75, 3.05) is 19.8 Å². The second-order valence-electron chi connectivity index (χ2n) is 2.94. The van der Waals surface area contributed by atoms with Gasteiger partial charge in [0.1, 0.15) is 6.04 Å². The average molecular weight is 219 g/mol. The summed E-state index contributed by atoms with van der Waals surface area (Å²) in [6.07, 6.45) is 0.737. The molecular weight excluding hydrogens is 202 g/mol. The van der Waals surface area contributed by atoms with Crippen LogP contribution >= 0.6 is 0 Å². The summed E-state index contributed by atoms with van der Waals surface area (Å²) in [7, 11) is 0. The van der Waals surface area contributed by atoms with Crippen molar-refractivity contribution in [1.82, 2.24) is 5.32 Å². The van der Waals surface area contributed by atoms with E-state index in [0.29, 0.717) is 19.6 Å². The third kappa shape index (κ3) is 6.87. The highest BCUT2D eigenvalue weighted by Gasteiger charge is 2.17. The number of carboxylic acids is 1. The number of carbonyl (C=O) groups excluding carboxylic acids is 1. The minimum absolute atomic E-state index is 0.198. The number of carbonyl (C=O) groups is 2. The molecule has 1 amide bonds. The first-order chi connectivity index (χ1) is 7.11. The van der Waals surface area contributed by atoms with E-state index in [1.54, 1.807) is 0 Å². The summed E-state index contributed by atoms with van der Waals surface area (Å²) in [5.41, 5.74) is 0. The number of amides is 1. The van der Waals surface area contributed by atoms with Crippen LogP contribution in [0.15, 0.2) is 0 Å². The van der Waals surface area contributed by atoms with Crippen LogP contribution < -0.4 is 5.32 Å². The fourth-order valence-corrected chi connectivity index (χ4v) is 0.931. The summed E-state index contributed by atoms with van der Waals surface area (Å²) in [5, 5.41) is 19.4. The zero-order chi connectivity index (χ0) is 11.7. The Balaban J connectivity index is 3.67. The van der Waals surface area contributed by atoms with E-state index in [-0.39, 0.29) is 6.42 Å². The highest BCUT2D eigenvalue weighted by molar-refractivity contribution is 5.83. The Kier molecular flexibility index (Phi) is 7.57. The predicted octanol–water partition coefficient (Wildman–Crippen LogP) is -0.635. The number of aliphatic hydroxyl groups is 1. The molecule has 3 N–H and O–H groups in total. The predicted molar refractivity (Wildman–Crippen MR) is 52.4 cm³/mol. The summed E-state index contributed by atoms with van der Waals surface area (Å²) >= 11 is 0. The largest absolute Gasteiger partial charge is 0.480 e. The molecule has 0 rings (SSSR count). The van der Waals surface area contributed by atoms with E-state index in [0.717, 1.165) is 0 Å². The number of hydrogen-bond acceptors (Lipinski definition) is 4. The van der Waals surface area contributed by atoms with E-state index in [4.69, 9.17) is 14.9 Å². The molecule has 0 saturated carbocycles. The van der Waals surface area contributed by atoms with Crippen molar-refractivity contribution in [3.8, 4) is 0 Å². The maximum atomic E-state index is 11.1. The minimum atomic E-state index is -1.24. The van der Waals surface area contributed by atoms with Crippen LogP contribution in [0.2, 0.25) is 0 Å². The fourth-order valence-electron chi connectivity index (χ4n) is 0.931. The molecule has 15 heavy (non-hydrogen) atoms. The summed E-state index contributed by atoms with van der Waals surface area (Å²) < 4.78 is 5.02. The van der Waals surface area contributed by atoms with Crippen molar-refractivity contribution in [3.63, 3.8) is 0 Å². The number of ether oxygens (including phenoxy) is 1. The normalized spacial score (nSPS) is 12.1. The third-order valence-corrected chi connectivity index (χ3v) is 1.71. The standard InChI is InChI=1S/C9H17NO5/c1-2-15-5-3-4-8(12)10-7(6-11)9(13)14/h7,11H,2-6H2,1H3,(H,10,12)(H,13,14)/t7-/m1/s1. The zero-order valence-corrected chi connectivity index (χ0v) is 8.73. The molecule has 0 aromatic carbocycles. The van der Waals surface area contributed by atoms with Gasteiger partial charge in [-0.25, -0.2) is 4.79 Å². The Morgan fingerprint density at radius 3 is 2.60 bits per heavy atom. The summed E-state index contributed by atoms with van der Waals surface area (Å²) in [4.78, 5) is 21.6. The van der Waals surface area contributed by atoms with E-state index in [1.807, 2.05) is 6.92 Å². The van der Waals surface area contributed by atoms with Crippen LogP contribution in [-0.2, 0) is 14.3 Å². The molecular formula is C9H17NO5. The molecule has 0 radical (unpaired) electrons. The lowest BCUT2D eigenvalue weighted by Crippen LogP contribution is -2.43. The molecule has 0 aromatic heterocycles. The van der Waals surface area contributed by atoms with Gasteiger partial charge >= 0.3 is 5.97 Å². The number of carboxylic acid groups (broad SMARTS) is 1. The fraction of sp³-hybridized carbons (Fsp3) is 0.778. The van der Waals surface area contributed by atoms with Crippen LogP contribution in [0.1, 0.15) is 19.8 Å². The van der Waals surface area contributed by atoms with Crippen molar-refractivity contribution >= 4 is 11.9 Å². The monoisotopic (exact) mass is 219 g/mol. The quantitative estimate of drug-likeness (QED) is 0.472. The minimum Gasteiger partial charge on any atom is -0.480 e. The molecule has 0 bridgehead atoms. The lowest BCUT2D eigenvalue weighted by molar-refractivity contribution is -0.143. The first kappa shape index (κ1) is 13.9. The van der Waals surface area contributed by atoms with Gasteiger partial charge in [0.15, 0.2) is 0 Å². The zero-order valence-electron chi connectivity index (χ0n) is 8.73. The Labute approximate surface area is 88.2 Å². The Hall–Kier alpha value is -1.14. The second-order valence-corrected chi connectivity index (χ2v) is 2.94. The number of hydrogen-bond donors (Lipinski definition) is 3. The van der Waals surface area contributed by atoms with Crippen LogP contribution in [0.25, 0.3) is 0 Å². The third-order valence-electron chi connectivity index (χ3n) is 1.71. The summed E-state index contributed by atoms with van der Waals surface area (Å²) in [6.45, 7) is 2.32. The molecule has 0 aliphatic heterocycles. The molecule has 0 heterocycles. The highest BCUT2D eigenvalue weighted by Crippen LogP contribution is 1.92. The Bertz CT molecular complexity index is 207. The van der Waals surface area contributed by atoms with Gasteiger partial charge in [-0.15, -0.1) is 0 Å². The van der Waals surface area contributed by atoms with Gasteiger partial charge in [0.25, 0.3) is 0 Å². The maximum Gasteiger partial charge on any atom is 0.328 e. The van der Waals surface area contributed by atoms with Gasteiger partial charge in [0.2, 0.25) is 5.91 Å². The van der Waals surface area contributed by atoms with Crippen molar-refractivity contribution in [3.05, 3.63) is 0 Å². The molecule has 0 saturated heterocycles. The lowest BCUT2D eigenvalue weighted by Gasteiger charge is -2.11. The summed E-state index contributed by atoms with van der Waals surface area (Å²) in [6, 6.07) is -1.22. The van der Waals surface area contributed by atoms with E-state index >= 15 is 0 Å². The number of nitrogens with one attached hydrogen (secondary N) is 1. The van der Waals surface area contributed by atoms with Crippen molar-refractivity contribution in [1.29, 1.82) is 0 Å². The van der Waals surface area contributed by atoms with Crippen LogP contribution in [-0.4, -0.2) is 48.0 Å². The molecule has 0 spiro atoms. The SMILES string of the molecule is CCOCCCC(=O)N[C@H](CO)C(=O)O. The summed E-state index contributed by atoms with van der Waals surface area (Å²) in [5.74, 6) is -1.63. The van der Waals surface area contributed by atoms with Crippen molar-refractivity contribution in [2.24, 2.45) is 0 Å². The first-order valence-electron chi connectivity index (χ1n) is 4.82. The molecule has 6 heteroatoms. The van der Waals surface area contributed by atoms with Gasteiger partial charge in [-0.1, -0.05) is 0 Å². The topological polar surface area (TPSA) is 95.9 Å². The van der Waals surface area contributed by atoms with Crippen LogP contribution in [0, 0.1) is 0 Å².